The van der Waals surface area contributed by atoms with Gasteiger partial charge in [-0.15, -0.1) is 0 Å². The summed E-state index contributed by atoms with van der Waals surface area (Å²) in [5, 5.41) is 0. The number of piperidine rings is 1. The largest absolute Gasteiger partial charge is 0.337 e. The highest BCUT2D eigenvalue weighted by Gasteiger charge is 2.20. The lowest BCUT2D eigenvalue weighted by molar-refractivity contribution is 0.174. The third-order valence-corrected chi connectivity index (χ3v) is 4.26. The van der Waals surface area contributed by atoms with Gasteiger partial charge < -0.3 is 4.57 Å². The topological polar surface area (TPSA) is 34.0 Å². The minimum Gasteiger partial charge on any atom is -0.337 e. The number of likely N-dealkylation sites (tertiary alicyclic amines) is 1. The smallest absolute Gasteiger partial charge is 0.0945 e. The second kappa shape index (κ2) is 6.18. The van der Waals surface area contributed by atoms with E-state index in [1.807, 2.05) is 31.0 Å². The van der Waals surface area contributed by atoms with Crippen molar-refractivity contribution in [3.05, 3.63) is 48.3 Å². The molecule has 1 saturated heterocycles. The van der Waals surface area contributed by atoms with Crippen molar-refractivity contribution in [2.24, 2.45) is 13.0 Å². The van der Waals surface area contributed by atoms with Gasteiger partial charge in [0, 0.05) is 32.2 Å². The SMILES string of the molecule is Cn1cncc1CN1CCC(Cc2cccnc2)CC1. The molecule has 1 aliphatic rings. The molecule has 0 N–H and O–H groups in total. The number of aryl methyl sites for hydroxylation is 1. The maximum atomic E-state index is 4.20. The van der Waals surface area contributed by atoms with E-state index in [4.69, 9.17) is 0 Å². The molecule has 0 aliphatic carbocycles. The van der Waals surface area contributed by atoms with Crippen molar-refractivity contribution in [3.8, 4) is 0 Å². The quantitative estimate of drug-likeness (QED) is 0.854. The third kappa shape index (κ3) is 3.25. The van der Waals surface area contributed by atoms with E-state index in [2.05, 4.69) is 32.5 Å². The van der Waals surface area contributed by atoms with E-state index in [0.29, 0.717) is 0 Å². The maximum absolute atomic E-state index is 4.20. The van der Waals surface area contributed by atoms with Gasteiger partial charge in [-0.05, 0) is 49.9 Å². The molecule has 20 heavy (non-hydrogen) atoms. The van der Waals surface area contributed by atoms with Crippen molar-refractivity contribution < 1.29 is 0 Å². The number of pyridine rings is 1. The van der Waals surface area contributed by atoms with Crippen LogP contribution in [0.5, 0.6) is 0 Å². The minimum absolute atomic E-state index is 0.807. The molecule has 0 atom stereocenters. The molecule has 1 fully saturated rings. The van der Waals surface area contributed by atoms with Crippen molar-refractivity contribution in [2.75, 3.05) is 13.1 Å². The van der Waals surface area contributed by atoms with Crippen LogP contribution in [0, 0.1) is 5.92 Å². The average Bonchev–Trinajstić information content (AvgIpc) is 2.88. The molecule has 3 heterocycles. The summed E-state index contributed by atoms with van der Waals surface area (Å²) in [4.78, 5) is 10.9. The highest BCUT2D eigenvalue weighted by atomic mass is 15.2. The lowest BCUT2D eigenvalue weighted by Crippen LogP contribution is -2.34. The molecule has 2 aromatic heterocycles. The first-order valence-corrected chi connectivity index (χ1v) is 7.38. The molecular formula is C16H22N4. The Balaban J connectivity index is 1.49. The molecule has 3 rings (SSSR count). The van der Waals surface area contributed by atoms with E-state index < -0.39 is 0 Å². The van der Waals surface area contributed by atoms with Crippen molar-refractivity contribution in [3.63, 3.8) is 0 Å². The monoisotopic (exact) mass is 270 g/mol. The second-order valence-electron chi connectivity index (χ2n) is 5.78. The summed E-state index contributed by atoms with van der Waals surface area (Å²) >= 11 is 0. The number of hydrogen-bond acceptors (Lipinski definition) is 3. The highest BCUT2D eigenvalue weighted by Crippen LogP contribution is 2.22. The second-order valence-corrected chi connectivity index (χ2v) is 5.78. The molecule has 0 bridgehead atoms. The predicted octanol–water partition coefficient (Wildman–Crippen LogP) is 2.27. The van der Waals surface area contributed by atoms with E-state index in [0.717, 1.165) is 12.5 Å². The number of nitrogens with zero attached hydrogens (tertiary/aromatic N) is 4. The van der Waals surface area contributed by atoms with Crippen molar-refractivity contribution in [1.29, 1.82) is 0 Å². The van der Waals surface area contributed by atoms with Crippen molar-refractivity contribution in [1.82, 2.24) is 19.4 Å². The minimum atomic E-state index is 0.807. The Kier molecular flexibility index (Phi) is 4.11. The fourth-order valence-electron chi connectivity index (χ4n) is 2.97. The van der Waals surface area contributed by atoms with E-state index >= 15 is 0 Å². The van der Waals surface area contributed by atoms with Gasteiger partial charge in [-0.25, -0.2) is 4.98 Å². The van der Waals surface area contributed by atoms with Gasteiger partial charge in [-0.3, -0.25) is 9.88 Å². The van der Waals surface area contributed by atoms with Gasteiger partial charge in [0.2, 0.25) is 0 Å². The number of aromatic nitrogens is 3. The van der Waals surface area contributed by atoms with Crippen molar-refractivity contribution in [2.45, 2.75) is 25.8 Å². The number of rotatable bonds is 4. The first-order chi connectivity index (χ1) is 9.81. The molecule has 0 radical (unpaired) electrons. The summed E-state index contributed by atoms with van der Waals surface area (Å²) in [5.74, 6) is 0.807. The fourth-order valence-corrected chi connectivity index (χ4v) is 2.97. The number of imidazole rings is 1. The first kappa shape index (κ1) is 13.3. The van der Waals surface area contributed by atoms with Crippen LogP contribution in [0.1, 0.15) is 24.1 Å². The fraction of sp³-hybridized carbons (Fsp3) is 0.500. The molecule has 2 aromatic rings. The Morgan fingerprint density at radius 2 is 2.05 bits per heavy atom. The van der Waals surface area contributed by atoms with Crippen LogP contribution in [-0.2, 0) is 20.0 Å². The van der Waals surface area contributed by atoms with Gasteiger partial charge in [-0.1, -0.05) is 6.07 Å². The molecular weight excluding hydrogens is 248 g/mol. The van der Waals surface area contributed by atoms with Gasteiger partial charge in [0.05, 0.1) is 12.0 Å². The van der Waals surface area contributed by atoms with Crippen LogP contribution in [0.2, 0.25) is 0 Å². The van der Waals surface area contributed by atoms with E-state index in [1.165, 1.54) is 43.6 Å². The predicted molar refractivity (Wildman–Crippen MR) is 79.2 cm³/mol. The standard InChI is InChI=1S/C16H22N4/c1-19-13-18-11-16(19)12-20-7-4-14(5-8-20)9-15-3-2-6-17-10-15/h2-3,6,10-11,13-14H,4-5,7-9,12H2,1H3. The zero-order valence-corrected chi connectivity index (χ0v) is 12.1. The van der Waals surface area contributed by atoms with E-state index in [9.17, 15) is 0 Å². The molecule has 0 spiro atoms. The Morgan fingerprint density at radius 3 is 2.70 bits per heavy atom. The van der Waals surface area contributed by atoms with Crippen LogP contribution in [0.4, 0.5) is 0 Å². The van der Waals surface area contributed by atoms with E-state index in [1.54, 1.807) is 0 Å². The molecule has 1 aliphatic heterocycles. The van der Waals surface area contributed by atoms with Gasteiger partial charge in [0.15, 0.2) is 0 Å². The summed E-state index contributed by atoms with van der Waals surface area (Å²) in [5.41, 5.74) is 2.67. The molecule has 4 heteroatoms. The van der Waals surface area contributed by atoms with Gasteiger partial charge in [0.25, 0.3) is 0 Å². The summed E-state index contributed by atoms with van der Waals surface area (Å²) in [6, 6.07) is 4.22. The van der Waals surface area contributed by atoms with Crippen LogP contribution >= 0.6 is 0 Å². The molecule has 0 saturated carbocycles. The molecule has 0 amide bonds. The summed E-state index contributed by atoms with van der Waals surface area (Å²) in [6.07, 6.45) is 11.4. The summed E-state index contributed by atoms with van der Waals surface area (Å²) in [6.45, 7) is 3.41. The third-order valence-electron chi connectivity index (χ3n) is 4.26. The summed E-state index contributed by atoms with van der Waals surface area (Å²) < 4.78 is 2.11. The maximum Gasteiger partial charge on any atom is 0.0945 e. The van der Waals surface area contributed by atoms with Crippen LogP contribution in [0.3, 0.4) is 0 Å². The van der Waals surface area contributed by atoms with Crippen LogP contribution in [-0.4, -0.2) is 32.5 Å². The van der Waals surface area contributed by atoms with Gasteiger partial charge in [0.1, 0.15) is 0 Å². The molecule has 106 valence electrons. The Labute approximate surface area is 120 Å². The Bertz CT molecular complexity index is 526. The van der Waals surface area contributed by atoms with E-state index in [-0.39, 0.29) is 0 Å². The van der Waals surface area contributed by atoms with Crippen molar-refractivity contribution >= 4 is 0 Å². The lowest BCUT2D eigenvalue weighted by Gasteiger charge is -2.31. The molecule has 4 nitrogen and oxygen atoms in total. The normalized spacial score (nSPS) is 17.4. The van der Waals surface area contributed by atoms with Gasteiger partial charge in [-0.2, -0.15) is 0 Å². The summed E-state index contributed by atoms with van der Waals surface area (Å²) in [7, 11) is 2.07. The lowest BCUT2D eigenvalue weighted by atomic mass is 9.91. The average molecular weight is 270 g/mol. The van der Waals surface area contributed by atoms with Gasteiger partial charge >= 0.3 is 0 Å². The first-order valence-electron chi connectivity index (χ1n) is 7.38. The van der Waals surface area contributed by atoms with Crippen LogP contribution < -0.4 is 0 Å². The zero-order valence-electron chi connectivity index (χ0n) is 12.1. The molecule has 0 aromatic carbocycles. The Hall–Kier alpha value is -1.68. The zero-order chi connectivity index (χ0) is 13.8. The number of hydrogen-bond donors (Lipinski definition) is 0. The van der Waals surface area contributed by atoms with Crippen LogP contribution in [0.15, 0.2) is 37.1 Å². The highest BCUT2D eigenvalue weighted by molar-refractivity contribution is 5.09. The molecule has 0 unspecified atom stereocenters. The Morgan fingerprint density at radius 1 is 1.20 bits per heavy atom. The van der Waals surface area contributed by atoms with Crippen LogP contribution in [0.25, 0.3) is 0 Å².